The number of likely N-dealkylation sites (N-methyl/N-ethyl adjacent to an activating group) is 1. The maximum absolute atomic E-state index is 12.2. The second kappa shape index (κ2) is 6.40. The first-order valence-corrected chi connectivity index (χ1v) is 6.72. The molecule has 1 heterocycles. The number of aryl methyl sites for hydroxylation is 2. The third-order valence-electron chi connectivity index (χ3n) is 3.28. The molecule has 0 radical (unpaired) electrons. The van der Waals surface area contributed by atoms with Gasteiger partial charge in [0.2, 0.25) is 5.91 Å². The fraction of sp³-hybridized carbons (Fsp3) is 0.615. The minimum Gasteiger partial charge on any atom is -0.395 e. The van der Waals surface area contributed by atoms with Gasteiger partial charge in [-0.1, -0.05) is 0 Å². The van der Waals surface area contributed by atoms with Gasteiger partial charge in [0.25, 0.3) is 5.91 Å². The van der Waals surface area contributed by atoms with Crippen LogP contribution in [0.3, 0.4) is 0 Å². The molecule has 1 rings (SSSR count). The summed E-state index contributed by atoms with van der Waals surface area (Å²) in [5.41, 5.74) is 7.05. The minimum atomic E-state index is -0.600. The molecule has 0 aromatic carbocycles. The largest absolute Gasteiger partial charge is 0.395 e. The van der Waals surface area contributed by atoms with E-state index in [9.17, 15) is 9.59 Å². The van der Waals surface area contributed by atoms with Crippen molar-refractivity contribution in [2.75, 3.05) is 18.8 Å². The molecule has 0 bridgehead atoms. The van der Waals surface area contributed by atoms with Gasteiger partial charge in [-0.2, -0.15) is 5.10 Å². The summed E-state index contributed by atoms with van der Waals surface area (Å²) in [6.07, 6.45) is 0. The van der Waals surface area contributed by atoms with E-state index in [4.69, 9.17) is 5.73 Å². The van der Waals surface area contributed by atoms with Crippen LogP contribution in [0.2, 0.25) is 0 Å². The molecule has 0 aliphatic rings. The normalized spacial score (nSPS) is 12.1. The highest BCUT2D eigenvalue weighted by molar-refractivity contribution is 6.00. The molecule has 2 amide bonds. The summed E-state index contributed by atoms with van der Waals surface area (Å²) in [6, 6.07) is -0.600. The van der Waals surface area contributed by atoms with Crippen molar-refractivity contribution in [3.8, 4) is 0 Å². The van der Waals surface area contributed by atoms with Crippen molar-refractivity contribution >= 4 is 17.5 Å². The maximum atomic E-state index is 12.2. The van der Waals surface area contributed by atoms with Gasteiger partial charge < -0.3 is 16.0 Å². The van der Waals surface area contributed by atoms with Gasteiger partial charge in [0.05, 0.1) is 11.4 Å². The van der Waals surface area contributed by atoms with Crippen LogP contribution in [0.1, 0.15) is 37.0 Å². The van der Waals surface area contributed by atoms with Crippen LogP contribution in [-0.2, 0) is 11.8 Å². The third kappa shape index (κ3) is 3.09. The monoisotopic (exact) mass is 281 g/mol. The molecule has 1 aromatic rings. The van der Waals surface area contributed by atoms with E-state index < -0.39 is 11.9 Å². The number of aromatic nitrogens is 2. The lowest BCUT2D eigenvalue weighted by Crippen LogP contribution is -2.47. The lowest BCUT2D eigenvalue weighted by molar-refractivity contribution is -0.132. The van der Waals surface area contributed by atoms with E-state index in [-0.39, 0.29) is 11.6 Å². The van der Waals surface area contributed by atoms with Crippen molar-refractivity contribution in [3.05, 3.63) is 11.4 Å². The lowest BCUT2D eigenvalue weighted by Gasteiger charge is -2.23. The molecule has 0 saturated heterocycles. The van der Waals surface area contributed by atoms with Crippen LogP contribution in [0.4, 0.5) is 5.69 Å². The molecule has 3 N–H and O–H groups in total. The first-order chi connectivity index (χ1) is 9.33. The predicted molar refractivity (Wildman–Crippen MR) is 77.2 cm³/mol. The Labute approximate surface area is 119 Å². The number of nitrogens with zero attached hydrogens (tertiary/aromatic N) is 3. The highest BCUT2D eigenvalue weighted by atomic mass is 16.2. The summed E-state index contributed by atoms with van der Waals surface area (Å²) in [7, 11) is 1.65. The molecule has 1 aromatic heterocycles. The molecule has 0 aliphatic heterocycles. The van der Waals surface area contributed by atoms with Crippen LogP contribution in [-0.4, -0.2) is 45.6 Å². The van der Waals surface area contributed by atoms with Crippen LogP contribution in [0.15, 0.2) is 0 Å². The zero-order valence-corrected chi connectivity index (χ0v) is 12.7. The standard InChI is InChI=1S/C13H23N5O2/c1-6-18(7-2)13(20)9(4)15-12(19)11-10(14)8(3)16-17(11)5/h9H,6-7,14H2,1-5H3,(H,15,19). The number of amides is 2. The molecule has 0 spiro atoms. The van der Waals surface area contributed by atoms with Gasteiger partial charge in [-0.3, -0.25) is 14.3 Å². The van der Waals surface area contributed by atoms with Crippen molar-refractivity contribution < 1.29 is 9.59 Å². The summed E-state index contributed by atoms with van der Waals surface area (Å²) < 4.78 is 1.43. The third-order valence-corrected chi connectivity index (χ3v) is 3.28. The van der Waals surface area contributed by atoms with Gasteiger partial charge in [-0.05, 0) is 27.7 Å². The van der Waals surface area contributed by atoms with Gasteiger partial charge in [-0.15, -0.1) is 0 Å². The van der Waals surface area contributed by atoms with E-state index in [0.717, 1.165) is 0 Å². The van der Waals surface area contributed by atoms with Gasteiger partial charge in [0.1, 0.15) is 11.7 Å². The Morgan fingerprint density at radius 1 is 1.40 bits per heavy atom. The molecule has 0 aliphatic carbocycles. The number of hydrogen-bond acceptors (Lipinski definition) is 4. The molecule has 1 atom stereocenters. The van der Waals surface area contributed by atoms with Crippen molar-refractivity contribution in [1.82, 2.24) is 20.0 Å². The zero-order chi connectivity index (χ0) is 15.4. The quantitative estimate of drug-likeness (QED) is 0.811. The van der Waals surface area contributed by atoms with E-state index >= 15 is 0 Å². The molecule has 0 fully saturated rings. The van der Waals surface area contributed by atoms with Crippen molar-refractivity contribution in [3.63, 3.8) is 0 Å². The van der Waals surface area contributed by atoms with Crippen molar-refractivity contribution in [2.24, 2.45) is 7.05 Å². The van der Waals surface area contributed by atoms with Crippen LogP contribution >= 0.6 is 0 Å². The Bertz CT molecular complexity index is 505. The molecule has 7 nitrogen and oxygen atoms in total. The summed E-state index contributed by atoms with van der Waals surface area (Å²) in [4.78, 5) is 26.0. The fourth-order valence-corrected chi connectivity index (χ4v) is 2.08. The number of rotatable bonds is 5. The summed E-state index contributed by atoms with van der Waals surface area (Å²) in [5, 5.41) is 6.76. The van der Waals surface area contributed by atoms with Gasteiger partial charge in [0.15, 0.2) is 0 Å². The van der Waals surface area contributed by atoms with Crippen LogP contribution in [0.25, 0.3) is 0 Å². The van der Waals surface area contributed by atoms with Gasteiger partial charge in [0, 0.05) is 20.1 Å². The number of nitrogen functional groups attached to an aromatic ring is 1. The zero-order valence-electron chi connectivity index (χ0n) is 12.7. The number of carbonyl (C=O) groups excluding carboxylic acids is 2. The topological polar surface area (TPSA) is 93.2 Å². The van der Waals surface area contributed by atoms with E-state index in [1.54, 1.807) is 25.8 Å². The van der Waals surface area contributed by atoms with Crippen molar-refractivity contribution in [2.45, 2.75) is 33.7 Å². The van der Waals surface area contributed by atoms with Crippen LogP contribution < -0.4 is 11.1 Å². The maximum Gasteiger partial charge on any atom is 0.272 e. The van der Waals surface area contributed by atoms with Gasteiger partial charge in [-0.25, -0.2) is 0 Å². The molecule has 20 heavy (non-hydrogen) atoms. The molecular formula is C13H23N5O2. The highest BCUT2D eigenvalue weighted by Crippen LogP contribution is 2.15. The van der Waals surface area contributed by atoms with Crippen LogP contribution in [0.5, 0.6) is 0 Å². The van der Waals surface area contributed by atoms with E-state index in [2.05, 4.69) is 10.4 Å². The number of carbonyl (C=O) groups is 2. The smallest absolute Gasteiger partial charge is 0.272 e. The molecule has 0 saturated carbocycles. The number of hydrogen-bond donors (Lipinski definition) is 2. The van der Waals surface area contributed by atoms with E-state index in [1.165, 1.54) is 4.68 Å². The Balaban J connectivity index is 2.83. The average molecular weight is 281 g/mol. The first kappa shape index (κ1) is 16.0. The van der Waals surface area contributed by atoms with Gasteiger partial charge >= 0.3 is 0 Å². The second-order valence-electron chi connectivity index (χ2n) is 4.68. The fourth-order valence-electron chi connectivity index (χ4n) is 2.08. The molecule has 1 unspecified atom stereocenters. The number of anilines is 1. The van der Waals surface area contributed by atoms with E-state index in [0.29, 0.717) is 24.5 Å². The summed E-state index contributed by atoms with van der Waals surface area (Å²) in [5.74, 6) is -0.501. The molecular weight excluding hydrogens is 258 g/mol. The predicted octanol–water partition coefficient (Wildman–Crippen LogP) is 0.297. The minimum absolute atomic E-state index is 0.110. The van der Waals surface area contributed by atoms with E-state index in [1.807, 2.05) is 13.8 Å². The number of nitrogens with two attached hydrogens (primary N) is 1. The lowest BCUT2D eigenvalue weighted by atomic mass is 10.2. The van der Waals surface area contributed by atoms with Crippen molar-refractivity contribution in [1.29, 1.82) is 0 Å². The number of nitrogens with one attached hydrogen (secondary N) is 1. The molecule has 112 valence electrons. The average Bonchev–Trinajstić information content (AvgIpc) is 2.64. The Morgan fingerprint density at radius 3 is 2.35 bits per heavy atom. The highest BCUT2D eigenvalue weighted by Gasteiger charge is 2.24. The Morgan fingerprint density at radius 2 is 1.95 bits per heavy atom. The first-order valence-electron chi connectivity index (χ1n) is 6.72. The van der Waals surface area contributed by atoms with Crippen LogP contribution in [0, 0.1) is 6.92 Å². The Hall–Kier alpha value is -2.05. The summed E-state index contributed by atoms with van der Waals surface area (Å²) >= 11 is 0. The molecule has 7 heteroatoms. The SMILES string of the molecule is CCN(CC)C(=O)C(C)NC(=O)c1c(N)c(C)nn1C. The summed E-state index contributed by atoms with van der Waals surface area (Å²) in [6.45, 7) is 8.43. The Kier molecular flexibility index (Phi) is 5.12. The second-order valence-corrected chi connectivity index (χ2v) is 4.68.